The molecular weight excluding hydrogens is 239 g/mol. The maximum atomic E-state index is 11.7. The van der Waals surface area contributed by atoms with Gasteiger partial charge in [0.15, 0.2) is 0 Å². The molecule has 5 heteroatoms. The molecule has 0 radical (unpaired) electrons. The van der Waals surface area contributed by atoms with Crippen molar-refractivity contribution in [3.63, 3.8) is 0 Å². The quantitative estimate of drug-likeness (QED) is 0.795. The van der Waals surface area contributed by atoms with Crippen LogP contribution in [0.2, 0.25) is 0 Å². The van der Waals surface area contributed by atoms with Crippen molar-refractivity contribution >= 4 is 13.7 Å². The number of benzene rings is 1. The Morgan fingerprint density at radius 1 is 1.29 bits per heavy atom. The minimum atomic E-state index is -3.16. The second-order valence-corrected chi connectivity index (χ2v) is 5.81. The molecule has 1 atom stereocenters. The molecule has 0 aliphatic carbocycles. The molecule has 0 fully saturated rings. The molecule has 0 bridgehead atoms. The lowest BCUT2D eigenvalue weighted by atomic mass is 10.2. The minimum absolute atomic E-state index is 0.0522. The summed E-state index contributed by atoms with van der Waals surface area (Å²) in [5.41, 5.74) is 0.969. The number of hydrogen-bond acceptors (Lipinski definition) is 4. The van der Waals surface area contributed by atoms with Crippen molar-refractivity contribution in [1.29, 1.82) is 0 Å². The molecule has 17 heavy (non-hydrogen) atoms. The van der Waals surface area contributed by atoms with Gasteiger partial charge in [0, 0.05) is 14.2 Å². The summed E-state index contributed by atoms with van der Waals surface area (Å²) in [4.78, 5) is 0. The number of rotatable bonds is 6. The van der Waals surface area contributed by atoms with Gasteiger partial charge in [-0.2, -0.15) is 0 Å². The lowest BCUT2D eigenvalue weighted by Crippen LogP contribution is -2.11. The van der Waals surface area contributed by atoms with Gasteiger partial charge >= 0.3 is 7.60 Å². The van der Waals surface area contributed by atoms with Crippen LogP contribution in [-0.4, -0.2) is 31.6 Å². The number of aliphatic hydroxyl groups is 1. The van der Waals surface area contributed by atoms with Crippen molar-refractivity contribution in [3.8, 4) is 0 Å². The van der Waals surface area contributed by atoms with Gasteiger partial charge in [-0.25, -0.2) is 0 Å². The van der Waals surface area contributed by atoms with Gasteiger partial charge in [-0.05, 0) is 5.56 Å². The predicted molar refractivity (Wildman–Crippen MR) is 68.0 cm³/mol. The molecule has 1 aromatic carbocycles. The summed E-state index contributed by atoms with van der Waals surface area (Å²) in [7, 11) is -0.553. The molecule has 1 unspecified atom stereocenters. The fourth-order valence-electron chi connectivity index (χ4n) is 1.30. The standard InChI is InChI=1S/C12H17O4P/c1-15-17(14,16-2)10-12(13)9-8-11-6-4-3-5-7-11/h3-9,12-13H,10H2,1-2H3/b9-8+. The average molecular weight is 256 g/mol. The second-order valence-electron chi connectivity index (χ2n) is 3.50. The van der Waals surface area contributed by atoms with Gasteiger partial charge in [0.1, 0.15) is 0 Å². The van der Waals surface area contributed by atoms with Crippen molar-refractivity contribution < 1.29 is 18.7 Å². The highest BCUT2D eigenvalue weighted by Gasteiger charge is 2.24. The van der Waals surface area contributed by atoms with E-state index in [-0.39, 0.29) is 6.16 Å². The fourth-order valence-corrected chi connectivity index (χ4v) is 2.33. The van der Waals surface area contributed by atoms with E-state index >= 15 is 0 Å². The van der Waals surface area contributed by atoms with Crippen LogP contribution >= 0.6 is 7.60 Å². The second kappa shape index (κ2) is 6.72. The lowest BCUT2D eigenvalue weighted by molar-refractivity contribution is 0.219. The van der Waals surface area contributed by atoms with E-state index < -0.39 is 13.7 Å². The summed E-state index contributed by atoms with van der Waals surface area (Å²) < 4.78 is 21.2. The maximum absolute atomic E-state index is 11.7. The zero-order valence-corrected chi connectivity index (χ0v) is 10.8. The van der Waals surface area contributed by atoms with Crippen LogP contribution in [0.1, 0.15) is 5.56 Å². The number of hydrogen-bond donors (Lipinski definition) is 1. The smallest absolute Gasteiger partial charge is 0.333 e. The van der Waals surface area contributed by atoms with Crippen LogP contribution in [0.25, 0.3) is 6.08 Å². The molecule has 0 amide bonds. The first-order valence-corrected chi connectivity index (χ1v) is 6.94. The van der Waals surface area contributed by atoms with Crippen LogP contribution in [0.4, 0.5) is 0 Å². The first-order valence-electron chi connectivity index (χ1n) is 5.21. The Kier molecular flexibility index (Phi) is 5.59. The zero-order chi connectivity index (χ0) is 12.7. The molecule has 1 aromatic rings. The van der Waals surface area contributed by atoms with E-state index in [1.54, 1.807) is 12.2 Å². The van der Waals surface area contributed by atoms with E-state index in [1.165, 1.54) is 14.2 Å². The molecule has 4 nitrogen and oxygen atoms in total. The summed E-state index contributed by atoms with van der Waals surface area (Å²) in [6, 6.07) is 9.55. The summed E-state index contributed by atoms with van der Waals surface area (Å²) in [6.45, 7) is 0. The highest BCUT2D eigenvalue weighted by atomic mass is 31.2. The van der Waals surface area contributed by atoms with Crippen molar-refractivity contribution in [3.05, 3.63) is 42.0 Å². The highest BCUT2D eigenvalue weighted by molar-refractivity contribution is 7.53. The van der Waals surface area contributed by atoms with Crippen LogP contribution in [-0.2, 0) is 13.6 Å². The van der Waals surface area contributed by atoms with Gasteiger partial charge in [-0.15, -0.1) is 0 Å². The molecule has 0 aliphatic rings. The van der Waals surface area contributed by atoms with Gasteiger partial charge in [0.25, 0.3) is 0 Å². The first-order chi connectivity index (χ1) is 8.09. The Hall–Kier alpha value is -0.930. The van der Waals surface area contributed by atoms with Crippen molar-refractivity contribution in [2.45, 2.75) is 6.10 Å². The van der Waals surface area contributed by atoms with Crippen LogP contribution in [0, 0.1) is 0 Å². The Morgan fingerprint density at radius 3 is 2.41 bits per heavy atom. The predicted octanol–water partition coefficient (Wildman–Crippen LogP) is 2.55. The van der Waals surface area contributed by atoms with Gasteiger partial charge in [0.2, 0.25) is 0 Å². The average Bonchev–Trinajstić information content (AvgIpc) is 2.37. The normalized spacial score (nSPS) is 14.1. The number of aliphatic hydroxyl groups excluding tert-OH is 1. The van der Waals surface area contributed by atoms with Crippen LogP contribution in [0.15, 0.2) is 36.4 Å². The van der Waals surface area contributed by atoms with Crippen molar-refractivity contribution in [2.24, 2.45) is 0 Å². The van der Waals surface area contributed by atoms with Crippen LogP contribution in [0.5, 0.6) is 0 Å². The van der Waals surface area contributed by atoms with Gasteiger partial charge < -0.3 is 14.2 Å². The first kappa shape index (κ1) is 14.1. The van der Waals surface area contributed by atoms with Gasteiger partial charge in [-0.1, -0.05) is 42.5 Å². The minimum Gasteiger partial charge on any atom is -0.388 e. The summed E-state index contributed by atoms with van der Waals surface area (Å²) >= 11 is 0. The van der Waals surface area contributed by atoms with Crippen molar-refractivity contribution in [1.82, 2.24) is 0 Å². The molecule has 1 N–H and O–H groups in total. The Labute approximate surface area is 101 Å². The van der Waals surface area contributed by atoms with E-state index in [0.29, 0.717) is 0 Å². The third-order valence-corrected chi connectivity index (χ3v) is 4.21. The molecule has 1 rings (SSSR count). The van der Waals surface area contributed by atoms with Gasteiger partial charge in [0.05, 0.1) is 12.3 Å². The molecule has 0 saturated carbocycles. The topological polar surface area (TPSA) is 55.8 Å². The van der Waals surface area contributed by atoms with E-state index in [2.05, 4.69) is 0 Å². The molecule has 0 spiro atoms. The Balaban J connectivity index is 2.58. The summed E-state index contributed by atoms with van der Waals surface area (Å²) in [5, 5.41) is 9.69. The van der Waals surface area contributed by atoms with Gasteiger partial charge in [-0.3, -0.25) is 4.57 Å². The molecular formula is C12H17O4P. The van der Waals surface area contributed by atoms with Crippen LogP contribution < -0.4 is 0 Å². The van der Waals surface area contributed by atoms with Crippen LogP contribution in [0.3, 0.4) is 0 Å². The summed E-state index contributed by atoms with van der Waals surface area (Å²) in [6.07, 6.45) is 2.42. The largest absolute Gasteiger partial charge is 0.388 e. The lowest BCUT2D eigenvalue weighted by Gasteiger charge is -2.15. The molecule has 0 aliphatic heterocycles. The third-order valence-electron chi connectivity index (χ3n) is 2.28. The molecule has 0 aromatic heterocycles. The highest BCUT2D eigenvalue weighted by Crippen LogP contribution is 2.46. The Bertz CT molecular complexity index is 394. The van der Waals surface area contributed by atoms with E-state index in [1.807, 2.05) is 30.3 Å². The molecule has 0 heterocycles. The van der Waals surface area contributed by atoms with E-state index in [4.69, 9.17) is 9.05 Å². The molecule has 0 saturated heterocycles. The molecule has 94 valence electrons. The van der Waals surface area contributed by atoms with Crippen molar-refractivity contribution in [2.75, 3.05) is 20.4 Å². The van der Waals surface area contributed by atoms with E-state index in [9.17, 15) is 9.67 Å². The monoisotopic (exact) mass is 256 g/mol. The SMILES string of the molecule is COP(=O)(CC(O)/C=C/c1ccccc1)OC. The third kappa shape index (κ3) is 4.84. The Morgan fingerprint density at radius 2 is 1.88 bits per heavy atom. The van der Waals surface area contributed by atoms with E-state index in [0.717, 1.165) is 5.56 Å². The zero-order valence-electron chi connectivity index (χ0n) is 9.95. The fraction of sp³-hybridized carbons (Fsp3) is 0.333. The maximum Gasteiger partial charge on any atom is 0.333 e. The summed E-state index contributed by atoms with van der Waals surface area (Å²) in [5.74, 6) is 0.